The van der Waals surface area contributed by atoms with E-state index in [1.165, 1.54) is 4.68 Å². The summed E-state index contributed by atoms with van der Waals surface area (Å²) in [6.45, 7) is 1.84. The van der Waals surface area contributed by atoms with Crippen molar-refractivity contribution >= 4 is 11.0 Å². The topological polar surface area (TPSA) is 72.2 Å². The molecule has 3 heterocycles. The van der Waals surface area contributed by atoms with Gasteiger partial charge < -0.3 is 15.2 Å². The zero-order chi connectivity index (χ0) is 13.2. The number of rotatable bonds is 3. The Bertz CT molecular complexity index is 575. The number of ether oxygens (including phenoxy) is 1. The van der Waals surface area contributed by atoms with E-state index in [1.54, 1.807) is 13.3 Å². The number of piperidine rings is 1. The Kier molecular flexibility index (Phi) is 3.35. The van der Waals surface area contributed by atoms with Gasteiger partial charge in [0.1, 0.15) is 12.5 Å². The number of aromatic nitrogens is 3. The molecule has 6 heteroatoms. The van der Waals surface area contributed by atoms with Crippen LogP contribution in [0.4, 0.5) is 0 Å². The van der Waals surface area contributed by atoms with Gasteiger partial charge in [-0.2, -0.15) is 5.10 Å². The summed E-state index contributed by atoms with van der Waals surface area (Å²) in [4.78, 5) is 4.32. The first-order valence-corrected chi connectivity index (χ1v) is 6.56. The zero-order valence-electron chi connectivity index (χ0n) is 11.0. The molecule has 0 aliphatic carbocycles. The van der Waals surface area contributed by atoms with Crippen LogP contribution in [-0.2, 0) is 6.73 Å². The maximum atomic E-state index is 9.42. The van der Waals surface area contributed by atoms with Gasteiger partial charge in [0.25, 0.3) is 0 Å². The van der Waals surface area contributed by atoms with Crippen molar-refractivity contribution in [3.63, 3.8) is 0 Å². The van der Waals surface area contributed by atoms with Crippen molar-refractivity contribution in [3.8, 4) is 5.75 Å². The van der Waals surface area contributed by atoms with Gasteiger partial charge in [-0.25, -0.2) is 9.67 Å². The van der Waals surface area contributed by atoms with Crippen molar-refractivity contribution in [2.45, 2.75) is 25.5 Å². The standard InChI is InChI=1S/C13H18N4O2/c1-19-10-4-7-15-13-11(10)12(16-17(13)8-18)9-2-5-14-6-3-9/h4,7,9,14,18H,2-3,5-6,8H2,1H3. The molecule has 0 unspecified atom stereocenters. The Balaban J connectivity index is 2.16. The second kappa shape index (κ2) is 5.14. The summed E-state index contributed by atoms with van der Waals surface area (Å²) < 4.78 is 6.96. The molecule has 0 atom stereocenters. The second-order valence-corrected chi connectivity index (χ2v) is 4.76. The maximum Gasteiger partial charge on any atom is 0.164 e. The zero-order valence-corrected chi connectivity index (χ0v) is 11.0. The van der Waals surface area contributed by atoms with Crippen LogP contribution in [0.3, 0.4) is 0 Å². The quantitative estimate of drug-likeness (QED) is 0.858. The van der Waals surface area contributed by atoms with E-state index in [0.717, 1.165) is 42.8 Å². The molecule has 0 aromatic carbocycles. The lowest BCUT2D eigenvalue weighted by molar-refractivity contribution is 0.198. The molecule has 0 saturated carbocycles. The Morgan fingerprint density at radius 1 is 1.47 bits per heavy atom. The molecule has 0 amide bonds. The van der Waals surface area contributed by atoms with E-state index in [1.807, 2.05) is 6.07 Å². The first-order valence-electron chi connectivity index (χ1n) is 6.56. The van der Waals surface area contributed by atoms with Crippen molar-refractivity contribution in [2.24, 2.45) is 0 Å². The fourth-order valence-corrected chi connectivity index (χ4v) is 2.75. The number of nitrogens with one attached hydrogen (secondary N) is 1. The molecule has 2 aromatic rings. The van der Waals surface area contributed by atoms with Gasteiger partial charge in [0.15, 0.2) is 5.65 Å². The van der Waals surface area contributed by atoms with E-state index < -0.39 is 0 Å². The molecule has 19 heavy (non-hydrogen) atoms. The van der Waals surface area contributed by atoms with Crippen LogP contribution >= 0.6 is 0 Å². The van der Waals surface area contributed by atoms with Crippen molar-refractivity contribution in [2.75, 3.05) is 20.2 Å². The van der Waals surface area contributed by atoms with Gasteiger partial charge in [-0.1, -0.05) is 0 Å². The smallest absolute Gasteiger partial charge is 0.164 e. The number of aliphatic hydroxyl groups is 1. The lowest BCUT2D eigenvalue weighted by Crippen LogP contribution is -2.27. The van der Waals surface area contributed by atoms with Crippen LogP contribution in [0, 0.1) is 0 Å². The number of pyridine rings is 1. The molecular formula is C13H18N4O2. The van der Waals surface area contributed by atoms with E-state index in [4.69, 9.17) is 4.74 Å². The number of methoxy groups -OCH3 is 1. The van der Waals surface area contributed by atoms with Gasteiger partial charge in [0.05, 0.1) is 18.2 Å². The van der Waals surface area contributed by atoms with Crippen LogP contribution in [0.2, 0.25) is 0 Å². The van der Waals surface area contributed by atoms with Gasteiger partial charge >= 0.3 is 0 Å². The summed E-state index contributed by atoms with van der Waals surface area (Å²) in [5.74, 6) is 1.17. The van der Waals surface area contributed by atoms with Crippen molar-refractivity contribution in [3.05, 3.63) is 18.0 Å². The largest absolute Gasteiger partial charge is 0.496 e. The summed E-state index contributed by atoms with van der Waals surface area (Å²) in [7, 11) is 1.65. The first kappa shape index (κ1) is 12.4. The molecule has 1 fully saturated rings. The Hall–Kier alpha value is -1.66. The number of hydrogen-bond donors (Lipinski definition) is 2. The molecule has 2 N–H and O–H groups in total. The highest BCUT2D eigenvalue weighted by molar-refractivity contribution is 5.85. The number of aliphatic hydroxyl groups excluding tert-OH is 1. The molecule has 1 aliphatic rings. The van der Waals surface area contributed by atoms with E-state index in [2.05, 4.69) is 15.4 Å². The number of nitrogens with zero attached hydrogens (tertiary/aromatic N) is 3. The van der Waals surface area contributed by atoms with Gasteiger partial charge in [0.2, 0.25) is 0 Å². The Labute approximate surface area is 111 Å². The molecule has 102 valence electrons. The van der Waals surface area contributed by atoms with E-state index in [-0.39, 0.29) is 6.73 Å². The minimum atomic E-state index is -0.165. The fraction of sp³-hybridized carbons (Fsp3) is 0.538. The van der Waals surface area contributed by atoms with Crippen LogP contribution in [0.15, 0.2) is 12.3 Å². The lowest BCUT2D eigenvalue weighted by Gasteiger charge is -2.21. The lowest BCUT2D eigenvalue weighted by atomic mass is 9.93. The molecule has 3 rings (SSSR count). The number of hydrogen-bond acceptors (Lipinski definition) is 5. The minimum absolute atomic E-state index is 0.165. The molecule has 0 bridgehead atoms. The van der Waals surface area contributed by atoms with Crippen LogP contribution in [0.5, 0.6) is 5.75 Å². The third kappa shape index (κ3) is 2.06. The predicted molar refractivity (Wildman–Crippen MR) is 71.1 cm³/mol. The predicted octanol–water partition coefficient (Wildman–Crippen LogP) is 0.857. The summed E-state index contributed by atoms with van der Waals surface area (Å²) >= 11 is 0. The molecule has 1 saturated heterocycles. The Morgan fingerprint density at radius 3 is 2.95 bits per heavy atom. The molecular weight excluding hydrogens is 244 g/mol. The van der Waals surface area contributed by atoms with Crippen molar-refractivity contribution in [1.82, 2.24) is 20.1 Å². The van der Waals surface area contributed by atoms with Crippen LogP contribution in [0.25, 0.3) is 11.0 Å². The normalized spacial score (nSPS) is 16.9. The SMILES string of the molecule is COc1ccnc2c1c(C1CCNCC1)nn2CO. The van der Waals surface area contributed by atoms with E-state index in [9.17, 15) is 5.11 Å². The molecule has 2 aromatic heterocycles. The average molecular weight is 262 g/mol. The van der Waals surface area contributed by atoms with E-state index >= 15 is 0 Å². The highest BCUT2D eigenvalue weighted by atomic mass is 16.5. The molecule has 0 radical (unpaired) electrons. The first-order chi connectivity index (χ1) is 9.35. The third-order valence-electron chi connectivity index (χ3n) is 3.70. The molecule has 6 nitrogen and oxygen atoms in total. The Morgan fingerprint density at radius 2 is 2.26 bits per heavy atom. The van der Waals surface area contributed by atoms with E-state index in [0.29, 0.717) is 11.6 Å². The average Bonchev–Trinajstić information content (AvgIpc) is 2.87. The van der Waals surface area contributed by atoms with Crippen LogP contribution < -0.4 is 10.1 Å². The van der Waals surface area contributed by atoms with Crippen LogP contribution in [0.1, 0.15) is 24.5 Å². The summed E-state index contributed by atoms with van der Waals surface area (Å²) in [5, 5.41) is 18.2. The highest BCUT2D eigenvalue weighted by Crippen LogP contribution is 2.34. The van der Waals surface area contributed by atoms with Crippen molar-refractivity contribution < 1.29 is 9.84 Å². The number of fused-ring (bicyclic) bond motifs is 1. The highest BCUT2D eigenvalue weighted by Gasteiger charge is 2.24. The molecule has 1 aliphatic heterocycles. The third-order valence-corrected chi connectivity index (χ3v) is 3.70. The summed E-state index contributed by atoms with van der Waals surface area (Å²) in [5.41, 5.74) is 1.69. The van der Waals surface area contributed by atoms with Gasteiger partial charge in [0, 0.05) is 12.1 Å². The van der Waals surface area contributed by atoms with Gasteiger partial charge in [-0.3, -0.25) is 0 Å². The van der Waals surface area contributed by atoms with Gasteiger partial charge in [-0.15, -0.1) is 0 Å². The minimum Gasteiger partial charge on any atom is -0.496 e. The fourth-order valence-electron chi connectivity index (χ4n) is 2.75. The monoisotopic (exact) mass is 262 g/mol. The summed E-state index contributed by atoms with van der Waals surface area (Å²) in [6.07, 6.45) is 3.78. The van der Waals surface area contributed by atoms with Crippen LogP contribution in [-0.4, -0.2) is 40.1 Å². The van der Waals surface area contributed by atoms with Crippen molar-refractivity contribution in [1.29, 1.82) is 0 Å². The molecule has 0 spiro atoms. The van der Waals surface area contributed by atoms with Gasteiger partial charge in [-0.05, 0) is 32.0 Å². The second-order valence-electron chi connectivity index (χ2n) is 4.76. The maximum absolute atomic E-state index is 9.42. The summed E-state index contributed by atoms with van der Waals surface area (Å²) in [6, 6.07) is 1.84.